The van der Waals surface area contributed by atoms with Crippen molar-refractivity contribution >= 4 is 34.4 Å². The molecule has 0 aromatic carbocycles. The number of fused-ring (bicyclic) bond motifs is 1. The first-order valence-corrected chi connectivity index (χ1v) is 7.11. The molecule has 0 radical (unpaired) electrons. The number of hydrogen-bond acceptors (Lipinski definition) is 5. The molecule has 0 spiro atoms. The fraction of sp³-hybridized carbons (Fsp3) is 0.556. The van der Waals surface area contributed by atoms with Crippen molar-refractivity contribution in [1.29, 1.82) is 0 Å². The Hall–Kier alpha value is -0.860. The maximum absolute atomic E-state index is 11.7. The second-order valence-corrected chi connectivity index (χ2v) is 6.51. The number of carbonyl (C=O) groups excluding carboxylic acids is 1. The van der Waals surface area contributed by atoms with E-state index in [9.17, 15) is 13.8 Å². The van der Waals surface area contributed by atoms with E-state index < -0.39 is 22.9 Å². The number of ether oxygens (including phenoxy) is 1. The molecule has 1 saturated heterocycles. The lowest BCUT2D eigenvalue weighted by Gasteiger charge is -2.40. The molecule has 3 atom stereocenters. The molecule has 1 N–H and O–H groups in total. The topological polar surface area (TPSA) is 83.9 Å². The van der Waals surface area contributed by atoms with E-state index in [1.165, 1.54) is 7.11 Å². The predicted molar refractivity (Wildman–Crippen MR) is 62.4 cm³/mol. The second kappa shape index (κ2) is 4.43. The average molecular weight is 277 g/mol. The van der Waals surface area contributed by atoms with E-state index in [4.69, 9.17) is 9.84 Å². The zero-order valence-corrected chi connectivity index (χ0v) is 10.8. The molecule has 0 aromatic rings. The molecule has 17 heavy (non-hydrogen) atoms. The summed E-state index contributed by atoms with van der Waals surface area (Å²) in [6.45, 7) is 1.70. The van der Waals surface area contributed by atoms with Gasteiger partial charge in [0.15, 0.2) is 11.8 Å². The summed E-state index contributed by atoms with van der Waals surface area (Å²) in [4.78, 5) is 23.9. The molecule has 2 aliphatic heterocycles. The van der Waals surface area contributed by atoms with E-state index in [0.717, 1.165) is 16.7 Å². The van der Waals surface area contributed by atoms with Gasteiger partial charge in [-0.25, -0.2) is 4.79 Å². The van der Waals surface area contributed by atoms with Crippen LogP contribution in [0.4, 0.5) is 0 Å². The maximum Gasteiger partial charge on any atom is 0.354 e. The van der Waals surface area contributed by atoms with Crippen LogP contribution in [0.15, 0.2) is 9.93 Å². The highest BCUT2D eigenvalue weighted by Crippen LogP contribution is 2.48. The van der Waals surface area contributed by atoms with Gasteiger partial charge < -0.3 is 9.84 Å². The number of carboxylic acids is 1. The van der Waals surface area contributed by atoms with Crippen molar-refractivity contribution in [3.8, 4) is 0 Å². The lowest BCUT2D eigenvalue weighted by atomic mass is 10.1. The van der Waals surface area contributed by atoms with E-state index in [0.29, 0.717) is 5.75 Å². The molecular formula is C9H11NO5S2. The molecule has 1 unspecified atom stereocenters. The smallest absolute Gasteiger partial charge is 0.354 e. The molecule has 94 valence electrons. The zero-order chi connectivity index (χ0) is 12.7. The summed E-state index contributed by atoms with van der Waals surface area (Å²) in [6.07, 6.45) is -0.638. The molecule has 1 amide bonds. The van der Waals surface area contributed by atoms with E-state index >= 15 is 0 Å². The summed E-state index contributed by atoms with van der Waals surface area (Å²) in [6, 6.07) is 0. The largest absolute Gasteiger partial charge is 0.477 e. The number of hydrogen-bond donors (Lipinski definition) is 1. The lowest BCUT2D eigenvalue weighted by Crippen LogP contribution is -2.61. The Kier molecular flexibility index (Phi) is 3.28. The molecule has 0 saturated carbocycles. The summed E-state index contributed by atoms with van der Waals surface area (Å²) < 4.78 is 17.0. The standard InChI is InChI=1S/C9H11NO5S2/c1-3-17(14)9-4(8(12)13)10-6(11)5(15-2)7(10)16-9/h5,7H,3H2,1-2H3,(H,12,13)/t5-,7+,17?/m0/s1. The molecule has 0 bridgehead atoms. The minimum atomic E-state index is -1.37. The second-order valence-electron chi connectivity index (χ2n) is 3.45. The molecular weight excluding hydrogens is 266 g/mol. The number of carboxylic acid groups (broad SMARTS) is 1. The van der Waals surface area contributed by atoms with Crippen LogP contribution in [-0.4, -0.2) is 50.4 Å². The Morgan fingerprint density at radius 1 is 1.65 bits per heavy atom. The fourth-order valence-corrected chi connectivity index (χ4v) is 4.68. The van der Waals surface area contributed by atoms with Crippen LogP contribution in [0.2, 0.25) is 0 Å². The van der Waals surface area contributed by atoms with Gasteiger partial charge in [0.2, 0.25) is 0 Å². The third kappa shape index (κ3) is 1.71. The summed E-state index contributed by atoms with van der Waals surface area (Å²) in [5, 5.41) is 8.70. The van der Waals surface area contributed by atoms with Gasteiger partial charge in [-0.1, -0.05) is 18.7 Å². The normalized spacial score (nSPS) is 29.1. The molecule has 0 aromatic heterocycles. The summed E-state index contributed by atoms with van der Waals surface area (Å²) in [7, 11) is 0.0246. The van der Waals surface area contributed by atoms with E-state index in [2.05, 4.69) is 0 Å². The molecule has 1 fully saturated rings. The minimum Gasteiger partial charge on any atom is -0.477 e. The Morgan fingerprint density at radius 3 is 2.76 bits per heavy atom. The fourth-order valence-electron chi connectivity index (χ4n) is 1.75. The van der Waals surface area contributed by atoms with Gasteiger partial charge in [-0.05, 0) is 0 Å². The van der Waals surface area contributed by atoms with Crippen molar-refractivity contribution in [2.45, 2.75) is 18.4 Å². The number of aliphatic carboxylic acids is 1. The Bertz CT molecular complexity index is 447. The van der Waals surface area contributed by atoms with Crippen molar-refractivity contribution in [2.24, 2.45) is 0 Å². The number of amides is 1. The van der Waals surface area contributed by atoms with Crippen molar-refractivity contribution in [3.63, 3.8) is 0 Å². The van der Waals surface area contributed by atoms with Crippen molar-refractivity contribution in [1.82, 2.24) is 4.90 Å². The molecule has 2 rings (SSSR count). The van der Waals surface area contributed by atoms with Crippen LogP contribution in [-0.2, 0) is 25.1 Å². The zero-order valence-electron chi connectivity index (χ0n) is 9.21. The van der Waals surface area contributed by atoms with Crippen LogP contribution in [0.25, 0.3) is 0 Å². The van der Waals surface area contributed by atoms with Crippen molar-refractivity contribution in [2.75, 3.05) is 12.9 Å². The van der Waals surface area contributed by atoms with Crippen LogP contribution in [0, 0.1) is 0 Å². The predicted octanol–water partition coefficient (Wildman–Crippen LogP) is -0.0612. The Morgan fingerprint density at radius 2 is 2.29 bits per heavy atom. The maximum atomic E-state index is 11.7. The van der Waals surface area contributed by atoms with Crippen molar-refractivity contribution in [3.05, 3.63) is 9.93 Å². The number of methoxy groups -OCH3 is 1. The molecule has 2 aliphatic rings. The van der Waals surface area contributed by atoms with E-state index in [-0.39, 0.29) is 21.2 Å². The van der Waals surface area contributed by atoms with E-state index in [1.807, 2.05) is 0 Å². The van der Waals surface area contributed by atoms with Crippen LogP contribution >= 0.6 is 11.8 Å². The number of rotatable bonds is 4. The van der Waals surface area contributed by atoms with Crippen LogP contribution in [0.3, 0.4) is 0 Å². The highest BCUT2D eigenvalue weighted by molar-refractivity contribution is 8.17. The number of nitrogens with zero attached hydrogens (tertiary/aromatic N) is 1. The molecule has 2 heterocycles. The Balaban J connectivity index is 2.36. The molecule has 6 nitrogen and oxygen atoms in total. The SMILES string of the molecule is CCS(=O)C1=C(C(=O)O)N2C(=O)[C@H](OC)[C@H]2S1. The highest BCUT2D eigenvalue weighted by Gasteiger charge is 2.57. The first-order valence-electron chi connectivity index (χ1n) is 4.91. The van der Waals surface area contributed by atoms with Gasteiger partial charge in [-0.15, -0.1) is 0 Å². The monoisotopic (exact) mass is 277 g/mol. The minimum absolute atomic E-state index is 0.154. The summed E-state index contributed by atoms with van der Waals surface area (Å²) in [5.74, 6) is -1.28. The Labute approximate surface area is 104 Å². The van der Waals surface area contributed by atoms with Gasteiger partial charge in [0.05, 0.1) is 10.8 Å². The number of thioether (sulfide) groups is 1. The summed E-state index contributed by atoms with van der Waals surface area (Å²) >= 11 is 1.14. The molecule has 0 aliphatic carbocycles. The van der Waals surface area contributed by atoms with Crippen LogP contribution in [0.1, 0.15) is 6.92 Å². The van der Waals surface area contributed by atoms with Gasteiger partial charge in [0.1, 0.15) is 9.61 Å². The van der Waals surface area contributed by atoms with Gasteiger partial charge in [0.25, 0.3) is 5.91 Å². The van der Waals surface area contributed by atoms with Gasteiger partial charge >= 0.3 is 5.97 Å². The number of carbonyl (C=O) groups is 2. The van der Waals surface area contributed by atoms with Gasteiger partial charge in [0, 0.05) is 12.9 Å². The van der Waals surface area contributed by atoms with E-state index in [1.54, 1.807) is 6.92 Å². The van der Waals surface area contributed by atoms with Gasteiger partial charge in [-0.3, -0.25) is 13.9 Å². The number of β-lactam (4-membered cyclic amide) rings is 1. The highest BCUT2D eigenvalue weighted by atomic mass is 32.2. The summed E-state index contributed by atoms with van der Waals surface area (Å²) in [5.41, 5.74) is -0.154. The third-order valence-corrected chi connectivity index (χ3v) is 5.67. The van der Waals surface area contributed by atoms with Crippen LogP contribution < -0.4 is 0 Å². The van der Waals surface area contributed by atoms with Gasteiger partial charge in [-0.2, -0.15) is 0 Å². The average Bonchev–Trinajstić information content (AvgIpc) is 2.64. The third-order valence-electron chi connectivity index (χ3n) is 2.58. The molecule has 8 heteroatoms. The van der Waals surface area contributed by atoms with Crippen molar-refractivity contribution < 1.29 is 23.6 Å². The first kappa shape index (κ1) is 12.6. The van der Waals surface area contributed by atoms with Crippen LogP contribution in [0.5, 0.6) is 0 Å². The lowest BCUT2D eigenvalue weighted by molar-refractivity contribution is -0.161. The first-order chi connectivity index (χ1) is 8.02. The quantitative estimate of drug-likeness (QED) is 0.725.